The molecule has 326 valence electrons. The molecule has 1 rings (SSSR count). The van der Waals surface area contributed by atoms with Crippen molar-refractivity contribution < 1.29 is 78.2 Å². The molecule has 1 heterocycles. The first kappa shape index (κ1) is 50.3. The van der Waals surface area contributed by atoms with Gasteiger partial charge >= 0.3 is 5.97 Å². The number of carbonyl (C=O) groups excluding carboxylic acids is 10. The number of esters is 1. The molecule has 58 heavy (non-hydrogen) atoms. The van der Waals surface area contributed by atoms with Gasteiger partial charge in [0.05, 0.1) is 25.9 Å². The first-order valence-electron chi connectivity index (χ1n) is 17.8. The molecule has 1 fully saturated rings. The zero-order valence-corrected chi connectivity index (χ0v) is 32.6. The van der Waals surface area contributed by atoms with Crippen molar-refractivity contribution in [2.24, 2.45) is 11.7 Å². The number of β-amino-alcohol motifs (C(OH)–C–C–N with tert-alkyl or cyclic N) is 1. The third-order valence-corrected chi connectivity index (χ3v) is 8.40. The van der Waals surface area contributed by atoms with Gasteiger partial charge in [0.15, 0.2) is 6.10 Å². The van der Waals surface area contributed by atoms with Gasteiger partial charge in [-0.25, -0.2) is 4.79 Å². The number of primary amides is 1. The second-order valence-electron chi connectivity index (χ2n) is 13.2. The van der Waals surface area contributed by atoms with E-state index in [1.165, 1.54) is 40.7 Å². The number of carbonyl (C=O) groups is 10. The number of rotatable bonds is 11. The van der Waals surface area contributed by atoms with E-state index in [9.17, 15) is 73.5 Å². The number of allylic oxidation sites excluding steroid dienone is 1. The average Bonchev–Trinajstić information content (AvgIpc) is 3.17. The molecule has 0 bridgehead atoms. The van der Waals surface area contributed by atoms with Crippen molar-refractivity contribution in [3.63, 3.8) is 0 Å². The van der Waals surface area contributed by atoms with E-state index in [1.807, 2.05) is 21.3 Å². The largest absolute Gasteiger partial charge is 0.464 e. The van der Waals surface area contributed by atoms with E-state index in [0.717, 1.165) is 6.92 Å². The summed E-state index contributed by atoms with van der Waals surface area (Å²) >= 11 is 0. The molecule has 0 aliphatic carbocycles. The van der Waals surface area contributed by atoms with Gasteiger partial charge in [0, 0.05) is 12.1 Å². The van der Waals surface area contributed by atoms with Crippen LogP contribution in [0.1, 0.15) is 41.5 Å². The third kappa shape index (κ3) is 14.6. The first-order valence-corrected chi connectivity index (χ1v) is 17.8. The standard InChI is InChI=1S/C33H53N9O16/c1-7-13(5)25(49)35-9-15-26(50)38-16(11-43)27(51)39-18(12(3)4)30(54)41-20(22(46)23(47)24(34)48)31(55)40-19(14(6)44)29(53)36-10-17(45)28(52)42-21(32(56)37-15)33(57)58-8-2/h7,12,14-23,43-47H,8-11H2,1-6H3,(H2,34,48)(H,35,49)(H,36,53)(H,37,56)(H,38,50)(H,39,51)(H,40,55)(H,41,54)(H,42,52)/b13-7-. The maximum atomic E-state index is 13.6. The van der Waals surface area contributed by atoms with E-state index in [2.05, 4.69) is 21.3 Å². The number of hydrogen-bond donors (Lipinski definition) is 14. The smallest absolute Gasteiger partial charge is 0.338 e. The number of hydrogen-bond acceptors (Lipinski definition) is 16. The summed E-state index contributed by atoms with van der Waals surface area (Å²) < 4.78 is 4.84. The summed E-state index contributed by atoms with van der Waals surface area (Å²) in [5, 5.41) is 68.7. The molecule has 1 aliphatic heterocycles. The molecule has 0 aromatic rings. The van der Waals surface area contributed by atoms with Crippen molar-refractivity contribution in [3.05, 3.63) is 11.6 Å². The second kappa shape index (κ2) is 23.5. The van der Waals surface area contributed by atoms with Crippen molar-refractivity contribution >= 4 is 59.1 Å². The molecule has 1 aliphatic rings. The summed E-state index contributed by atoms with van der Waals surface area (Å²) in [5.74, 6) is -14.0. The summed E-state index contributed by atoms with van der Waals surface area (Å²) in [7, 11) is 0. The lowest BCUT2D eigenvalue weighted by molar-refractivity contribution is -0.152. The summed E-state index contributed by atoms with van der Waals surface area (Å²) in [6, 6.07) is -12.1. The van der Waals surface area contributed by atoms with Crippen molar-refractivity contribution in [3.8, 4) is 0 Å². The molecule has 0 radical (unpaired) electrons. The minimum atomic E-state index is -2.51. The Labute approximate surface area is 331 Å². The highest BCUT2D eigenvalue weighted by Crippen LogP contribution is 2.09. The summed E-state index contributed by atoms with van der Waals surface area (Å²) in [5.41, 5.74) is 5.24. The van der Waals surface area contributed by atoms with Crippen molar-refractivity contribution in [1.82, 2.24) is 42.5 Å². The lowest BCUT2D eigenvalue weighted by Gasteiger charge is -2.31. The van der Waals surface area contributed by atoms with Gasteiger partial charge in [-0.3, -0.25) is 43.2 Å². The molecule has 0 spiro atoms. The van der Waals surface area contributed by atoms with Crippen LogP contribution in [0.25, 0.3) is 0 Å². The lowest BCUT2D eigenvalue weighted by Crippen LogP contribution is -2.66. The molecule has 0 aromatic carbocycles. The van der Waals surface area contributed by atoms with Crippen LogP contribution in [0.2, 0.25) is 0 Å². The van der Waals surface area contributed by atoms with Gasteiger partial charge in [-0.15, -0.1) is 0 Å². The Hall–Kier alpha value is -5.76. The number of amides is 9. The summed E-state index contributed by atoms with van der Waals surface area (Å²) in [6.07, 6.45) is -7.64. The topological polar surface area (TPSA) is 403 Å². The van der Waals surface area contributed by atoms with Crippen molar-refractivity contribution in [2.45, 2.75) is 102 Å². The summed E-state index contributed by atoms with van der Waals surface area (Å²) in [6.45, 7) is 4.90. The fourth-order valence-electron chi connectivity index (χ4n) is 4.83. The molecule has 10 atom stereocenters. The average molecular weight is 832 g/mol. The van der Waals surface area contributed by atoms with E-state index in [4.69, 9.17) is 10.5 Å². The van der Waals surface area contributed by atoms with Gasteiger partial charge in [0.1, 0.15) is 42.4 Å². The minimum absolute atomic E-state index is 0.171. The fraction of sp³-hybridized carbons (Fsp3) is 0.636. The quantitative estimate of drug-likeness (QED) is 0.0522. The molecular formula is C33H53N9O16. The fourth-order valence-corrected chi connectivity index (χ4v) is 4.83. The van der Waals surface area contributed by atoms with Gasteiger partial charge in [-0.05, 0) is 33.6 Å². The Morgan fingerprint density at radius 3 is 1.84 bits per heavy atom. The molecule has 25 heteroatoms. The number of aliphatic hydroxyl groups is 5. The SMILES string of the molecule is C/C=C(/C)C(=O)NCC1NC(=O)C(C(=O)OCC)NC(=O)C(O)CNC(=O)C(C(C)O)NC(=O)C(C(O)C(O)C(N)=O)NC(=O)C(C(C)C)NC(=O)C(CO)NC1=O. The van der Waals surface area contributed by atoms with E-state index in [-0.39, 0.29) is 12.2 Å². The molecule has 9 amide bonds. The second-order valence-corrected chi connectivity index (χ2v) is 13.2. The van der Waals surface area contributed by atoms with Crippen LogP contribution in [0, 0.1) is 5.92 Å². The Bertz CT molecular complexity index is 1590. The van der Waals surface area contributed by atoms with Crippen LogP contribution in [0.15, 0.2) is 11.6 Å². The van der Waals surface area contributed by atoms with E-state index in [0.29, 0.717) is 0 Å². The highest BCUT2D eigenvalue weighted by Gasteiger charge is 2.41. The van der Waals surface area contributed by atoms with Crippen molar-refractivity contribution in [2.75, 3.05) is 26.3 Å². The maximum absolute atomic E-state index is 13.6. The maximum Gasteiger partial charge on any atom is 0.338 e. The van der Waals surface area contributed by atoms with Crippen LogP contribution in [-0.4, -0.2) is 172 Å². The Kier molecular flexibility index (Phi) is 20.3. The van der Waals surface area contributed by atoms with Gasteiger partial charge < -0.3 is 78.5 Å². The third-order valence-electron chi connectivity index (χ3n) is 8.40. The van der Waals surface area contributed by atoms with Crippen LogP contribution < -0.4 is 48.3 Å². The molecule has 0 saturated carbocycles. The van der Waals surface area contributed by atoms with Crippen LogP contribution in [-0.2, 0) is 52.7 Å². The van der Waals surface area contributed by atoms with Crippen molar-refractivity contribution in [1.29, 1.82) is 0 Å². The van der Waals surface area contributed by atoms with E-state index in [1.54, 1.807) is 0 Å². The number of aliphatic hydroxyl groups excluding tert-OH is 5. The van der Waals surface area contributed by atoms with Gasteiger partial charge in [-0.2, -0.15) is 0 Å². The highest BCUT2D eigenvalue weighted by atomic mass is 16.5. The van der Waals surface area contributed by atoms with Crippen LogP contribution in [0.4, 0.5) is 0 Å². The number of ether oxygens (including phenoxy) is 1. The normalized spacial score (nSPS) is 26.7. The predicted molar refractivity (Wildman–Crippen MR) is 194 cm³/mol. The van der Waals surface area contributed by atoms with Gasteiger partial charge in [0.2, 0.25) is 47.4 Å². The van der Waals surface area contributed by atoms with Crippen LogP contribution >= 0.6 is 0 Å². The molecule has 1 saturated heterocycles. The lowest BCUT2D eigenvalue weighted by atomic mass is 9.99. The Morgan fingerprint density at radius 2 is 1.33 bits per heavy atom. The monoisotopic (exact) mass is 831 g/mol. The highest BCUT2D eigenvalue weighted by molar-refractivity contribution is 6.07. The molecule has 25 nitrogen and oxygen atoms in total. The zero-order valence-electron chi connectivity index (χ0n) is 32.6. The predicted octanol–water partition coefficient (Wildman–Crippen LogP) is -8.73. The first-order chi connectivity index (χ1) is 27.0. The molecular weight excluding hydrogens is 778 g/mol. The van der Waals surface area contributed by atoms with E-state index >= 15 is 0 Å². The number of nitrogens with one attached hydrogen (secondary N) is 8. The molecule has 0 aromatic heterocycles. The van der Waals surface area contributed by atoms with Crippen LogP contribution in [0.5, 0.6) is 0 Å². The Morgan fingerprint density at radius 1 is 0.793 bits per heavy atom. The zero-order chi connectivity index (χ0) is 44.6. The number of nitrogens with two attached hydrogens (primary N) is 1. The summed E-state index contributed by atoms with van der Waals surface area (Å²) in [4.78, 5) is 131. The molecule has 10 unspecified atom stereocenters. The minimum Gasteiger partial charge on any atom is -0.464 e. The molecule has 15 N–H and O–H groups in total. The van der Waals surface area contributed by atoms with Crippen LogP contribution in [0.3, 0.4) is 0 Å². The van der Waals surface area contributed by atoms with Gasteiger partial charge in [0.25, 0.3) is 11.8 Å². The van der Waals surface area contributed by atoms with Gasteiger partial charge in [-0.1, -0.05) is 19.9 Å². The van der Waals surface area contributed by atoms with E-state index < -0.39 is 145 Å². The Balaban J connectivity index is 3.87.